The maximum atomic E-state index is 6.32. The van der Waals surface area contributed by atoms with Crippen molar-refractivity contribution < 1.29 is 0 Å². The van der Waals surface area contributed by atoms with Crippen molar-refractivity contribution in [2.75, 3.05) is 27.2 Å². The van der Waals surface area contributed by atoms with E-state index >= 15 is 0 Å². The van der Waals surface area contributed by atoms with Crippen molar-refractivity contribution in [3.8, 4) is 0 Å². The van der Waals surface area contributed by atoms with Gasteiger partial charge in [0.25, 0.3) is 0 Å². The van der Waals surface area contributed by atoms with Crippen LogP contribution in [0.3, 0.4) is 0 Å². The molecule has 0 aliphatic carbocycles. The van der Waals surface area contributed by atoms with E-state index in [1.54, 1.807) is 0 Å². The minimum atomic E-state index is 0.151. The Kier molecular flexibility index (Phi) is 5.19. The smallest absolute Gasteiger partial charge is 0.0497 e. The fourth-order valence-electron chi connectivity index (χ4n) is 3.36. The molecular weight excluding hydrogens is 246 g/mol. The van der Waals surface area contributed by atoms with Gasteiger partial charge in [-0.3, -0.25) is 4.90 Å². The third-order valence-corrected chi connectivity index (χ3v) is 4.43. The van der Waals surface area contributed by atoms with Gasteiger partial charge in [-0.1, -0.05) is 29.8 Å². The molecule has 1 aliphatic heterocycles. The van der Waals surface area contributed by atoms with Crippen LogP contribution in [-0.2, 0) is 0 Å². The van der Waals surface area contributed by atoms with E-state index in [4.69, 9.17) is 5.73 Å². The normalized spacial score (nSPS) is 23.8. The first-order chi connectivity index (χ1) is 9.49. The molecule has 1 heterocycles. The zero-order chi connectivity index (χ0) is 14.7. The van der Waals surface area contributed by atoms with Crippen LogP contribution in [0.15, 0.2) is 24.3 Å². The minimum absolute atomic E-state index is 0.151. The number of aryl methyl sites for hydroxylation is 1. The van der Waals surface area contributed by atoms with E-state index < -0.39 is 0 Å². The average molecular weight is 275 g/mol. The predicted molar refractivity (Wildman–Crippen MR) is 85.9 cm³/mol. The Morgan fingerprint density at radius 1 is 1.35 bits per heavy atom. The molecule has 0 radical (unpaired) electrons. The maximum absolute atomic E-state index is 6.32. The fraction of sp³-hybridized carbons (Fsp3) is 0.647. The highest BCUT2D eigenvalue weighted by Gasteiger charge is 2.29. The summed E-state index contributed by atoms with van der Waals surface area (Å²) in [5.41, 5.74) is 8.99. The SMILES string of the molecule is Cc1cccc(C(C(C)N)N2CCCC(N(C)C)C2)c1. The van der Waals surface area contributed by atoms with Gasteiger partial charge in [-0.15, -0.1) is 0 Å². The molecule has 2 rings (SSSR count). The molecule has 3 heteroatoms. The van der Waals surface area contributed by atoms with E-state index in [9.17, 15) is 0 Å². The summed E-state index contributed by atoms with van der Waals surface area (Å²) in [4.78, 5) is 4.92. The Labute approximate surface area is 123 Å². The third-order valence-electron chi connectivity index (χ3n) is 4.43. The van der Waals surface area contributed by atoms with E-state index in [2.05, 4.69) is 62.0 Å². The molecule has 0 saturated carbocycles. The summed E-state index contributed by atoms with van der Waals surface area (Å²) in [7, 11) is 4.36. The van der Waals surface area contributed by atoms with Crippen LogP contribution in [0.5, 0.6) is 0 Å². The van der Waals surface area contributed by atoms with Crippen LogP contribution in [0.25, 0.3) is 0 Å². The van der Waals surface area contributed by atoms with Crippen LogP contribution in [0.4, 0.5) is 0 Å². The second-order valence-corrected chi connectivity index (χ2v) is 6.47. The van der Waals surface area contributed by atoms with Crippen molar-refractivity contribution in [1.29, 1.82) is 0 Å². The summed E-state index contributed by atoms with van der Waals surface area (Å²) < 4.78 is 0. The number of nitrogens with two attached hydrogens (primary N) is 1. The van der Waals surface area contributed by atoms with Crippen molar-refractivity contribution >= 4 is 0 Å². The van der Waals surface area contributed by atoms with Crippen LogP contribution < -0.4 is 5.73 Å². The Morgan fingerprint density at radius 3 is 2.70 bits per heavy atom. The van der Waals surface area contributed by atoms with Crippen molar-refractivity contribution in [3.63, 3.8) is 0 Å². The van der Waals surface area contributed by atoms with Gasteiger partial charge in [0.2, 0.25) is 0 Å². The lowest BCUT2D eigenvalue weighted by atomic mass is 9.94. The van der Waals surface area contributed by atoms with E-state index in [1.165, 1.54) is 24.0 Å². The fourth-order valence-corrected chi connectivity index (χ4v) is 3.36. The molecule has 1 fully saturated rings. The molecule has 0 spiro atoms. The van der Waals surface area contributed by atoms with Crippen molar-refractivity contribution in [2.45, 2.75) is 44.8 Å². The number of likely N-dealkylation sites (N-methyl/N-ethyl adjacent to an activating group) is 1. The molecule has 3 nitrogen and oxygen atoms in total. The molecule has 0 amide bonds. The van der Waals surface area contributed by atoms with Gasteiger partial charge in [0.15, 0.2) is 0 Å². The number of rotatable bonds is 4. The minimum Gasteiger partial charge on any atom is -0.326 e. The molecule has 3 unspecified atom stereocenters. The lowest BCUT2D eigenvalue weighted by molar-refractivity contribution is 0.0864. The summed E-state index contributed by atoms with van der Waals surface area (Å²) in [6.45, 7) is 6.56. The zero-order valence-electron chi connectivity index (χ0n) is 13.3. The lowest BCUT2D eigenvalue weighted by Gasteiger charge is -2.42. The van der Waals surface area contributed by atoms with E-state index in [0.29, 0.717) is 12.1 Å². The Hall–Kier alpha value is -0.900. The number of hydrogen-bond donors (Lipinski definition) is 1. The largest absolute Gasteiger partial charge is 0.326 e. The Morgan fingerprint density at radius 2 is 2.10 bits per heavy atom. The second kappa shape index (κ2) is 6.70. The van der Waals surface area contributed by atoms with Crippen LogP contribution in [0, 0.1) is 6.92 Å². The summed E-state index contributed by atoms with van der Waals surface area (Å²) >= 11 is 0. The van der Waals surface area contributed by atoms with Crippen LogP contribution in [-0.4, -0.2) is 49.1 Å². The van der Waals surface area contributed by atoms with Crippen LogP contribution in [0.2, 0.25) is 0 Å². The van der Waals surface area contributed by atoms with E-state index in [1.807, 2.05) is 0 Å². The molecule has 1 saturated heterocycles. The first kappa shape index (κ1) is 15.5. The number of benzene rings is 1. The van der Waals surface area contributed by atoms with Crippen molar-refractivity contribution in [1.82, 2.24) is 9.80 Å². The van der Waals surface area contributed by atoms with E-state index in [-0.39, 0.29) is 6.04 Å². The molecule has 0 bridgehead atoms. The predicted octanol–water partition coefficient (Wildman–Crippen LogP) is 2.41. The average Bonchev–Trinajstić information content (AvgIpc) is 2.39. The van der Waals surface area contributed by atoms with Gasteiger partial charge in [0.05, 0.1) is 0 Å². The molecule has 1 aliphatic rings. The third kappa shape index (κ3) is 3.60. The van der Waals surface area contributed by atoms with Gasteiger partial charge in [0.1, 0.15) is 0 Å². The quantitative estimate of drug-likeness (QED) is 0.916. The lowest BCUT2D eigenvalue weighted by Crippen LogP contribution is -2.49. The second-order valence-electron chi connectivity index (χ2n) is 6.47. The van der Waals surface area contributed by atoms with E-state index in [0.717, 1.165) is 13.1 Å². The molecule has 2 N–H and O–H groups in total. The van der Waals surface area contributed by atoms with Crippen LogP contribution in [0.1, 0.15) is 36.9 Å². The zero-order valence-corrected chi connectivity index (χ0v) is 13.3. The molecule has 1 aromatic rings. The highest BCUT2D eigenvalue weighted by Crippen LogP contribution is 2.28. The highest BCUT2D eigenvalue weighted by molar-refractivity contribution is 5.26. The number of nitrogens with zero attached hydrogens (tertiary/aromatic N) is 2. The molecule has 3 atom stereocenters. The summed E-state index contributed by atoms with van der Waals surface area (Å²) in [5, 5.41) is 0. The maximum Gasteiger partial charge on any atom is 0.0497 e. The van der Waals surface area contributed by atoms with Crippen LogP contribution >= 0.6 is 0 Å². The van der Waals surface area contributed by atoms with Gasteiger partial charge in [-0.2, -0.15) is 0 Å². The summed E-state index contributed by atoms with van der Waals surface area (Å²) in [6, 6.07) is 9.94. The molecule has 1 aromatic carbocycles. The Balaban J connectivity index is 2.20. The van der Waals surface area contributed by atoms with Crippen molar-refractivity contribution in [2.24, 2.45) is 5.73 Å². The first-order valence-electron chi connectivity index (χ1n) is 7.71. The van der Waals surface area contributed by atoms with Gasteiger partial charge >= 0.3 is 0 Å². The molecule has 20 heavy (non-hydrogen) atoms. The van der Waals surface area contributed by atoms with Gasteiger partial charge in [-0.05, 0) is 52.9 Å². The number of piperidine rings is 1. The van der Waals surface area contributed by atoms with Gasteiger partial charge in [-0.25, -0.2) is 0 Å². The highest BCUT2D eigenvalue weighted by atomic mass is 15.2. The first-order valence-corrected chi connectivity index (χ1v) is 7.71. The Bertz CT molecular complexity index is 428. The summed E-state index contributed by atoms with van der Waals surface area (Å²) in [5.74, 6) is 0. The topological polar surface area (TPSA) is 32.5 Å². The van der Waals surface area contributed by atoms with Gasteiger partial charge in [0, 0.05) is 24.7 Å². The molecular formula is C17H29N3. The van der Waals surface area contributed by atoms with Crippen molar-refractivity contribution in [3.05, 3.63) is 35.4 Å². The molecule has 112 valence electrons. The molecule has 0 aromatic heterocycles. The number of likely N-dealkylation sites (tertiary alicyclic amines) is 1. The van der Waals surface area contributed by atoms with Gasteiger partial charge < -0.3 is 10.6 Å². The standard InChI is InChI=1S/C17H29N3/c1-13-7-5-8-15(11-13)17(14(2)18)20-10-6-9-16(12-20)19(3)4/h5,7-8,11,14,16-17H,6,9-10,12,18H2,1-4H3. The number of hydrogen-bond acceptors (Lipinski definition) is 3. The monoisotopic (exact) mass is 275 g/mol. The summed E-state index contributed by atoms with van der Waals surface area (Å²) in [6.07, 6.45) is 2.56.